The first-order valence-electron chi connectivity index (χ1n) is 9.72. The van der Waals surface area contributed by atoms with Gasteiger partial charge in [0.25, 0.3) is 0 Å². The van der Waals surface area contributed by atoms with Crippen LogP contribution in [0.3, 0.4) is 0 Å². The molecule has 0 amide bonds. The molecule has 25 heavy (non-hydrogen) atoms. The highest BCUT2D eigenvalue weighted by Crippen LogP contribution is 2.38. The lowest BCUT2D eigenvalue weighted by molar-refractivity contribution is 0.0824. The molecular weight excluding hydrogens is 431 g/mol. The molecule has 0 aliphatic carbocycles. The third kappa shape index (κ3) is 5.94. The molecule has 3 heterocycles. The van der Waals surface area contributed by atoms with Gasteiger partial charge in [0, 0.05) is 51.3 Å². The van der Waals surface area contributed by atoms with Crippen LogP contribution < -0.4 is 5.32 Å². The fraction of sp³-hybridized carbons (Fsp3) is 0.944. The summed E-state index contributed by atoms with van der Waals surface area (Å²) in [6.45, 7) is 11.1. The minimum atomic E-state index is -0.0818. The Kier molecular flexibility index (Phi) is 8.71. The minimum absolute atomic E-state index is 0. The number of likely N-dealkylation sites (tertiary alicyclic amines) is 2. The zero-order valence-electron chi connectivity index (χ0n) is 15.6. The van der Waals surface area contributed by atoms with E-state index < -0.39 is 0 Å². The molecule has 7 heteroatoms. The number of aliphatic hydroxyl groups is 1. The van der Waals surface area contributed by atoms with Crippen molar-refractivity contribution in [2.45, 2.75) is 45.1 Å². The van der Waals surface area contributed by atoms with Crippen molar-refractivity contribution in [3.8, 4) is 0 Å². The number of halogens is 1. The summed E-state index contributed by atoms with van der Waals surface area (Å²) in [4.78, 5) is 9.74. The molecule has 0 aromatic heterocycles. The van der Waals surface area contributed by atoms with Gasteiger partial charge in [-0.15, -0.1) is 24.0 Å². The molecule has 1 atom stereocenters. The first-order chi connectivity index (χ1) is 11.7. The minimum Gasteiger partial charge on any atom is -0.393 e. The van der Waals surface area contributed by atoms with Gasteiger partial charge in [-0.25, -0.2) is 0 Å². The molecular formula is C18H35IN4O2. The third-order valence-corrected chi connectivity index (χ3v) is 5.71. The molecule has 0 saturated carbocycles. The van der Waals surface area contributed by atoms with Crippen molar-refractivity contribution in [2.24, 2.45) is 10.4 Å². The fourth-order valence-electron chi connectivity index (χ4n) is 4.14. The SMILES string of the molecule is CCNC(=NCCCN1CCC(O)CC1)N1CCC2(CCOC2)C1.I. The number of ether oxygens (including phenoxy) is 1. The van der Waals surface area contributed by atoms with Crippen LogP contribution >= 0.6 is 24.0 Å². The molecule has 1 spiro atoms. The Labute approximate surface area is 169 Å². The monoisotopic (exact) mass is 466 g/mol. The summed E-state index contributed by atoms with van der Waals surface area (Å²) in [6.07, 6.45) is 5.28. The molecule has 3 aliphatic heterocycles. The molecule has 146 valence electrons. The fourth-order valence-corrected chi connectivity index (χ4v) is 4.14. The standard InChI is InChI=1S/C18H34N4O2.HI/c1-2-19-17(22-12-6-18(14-22)7-13-24-15-18)20-8-3-9-21-10-4-16(23)5-11-21;/h16,23H,2-15H2,1H3,(H,19,20);1H. The second-order valence-corrected chi connectivity index (χ2v) is 7.64. The van der Waals surface area contributed by atoms with Gasteiger partial charge in [0.15, 0.2) is 5.96 Å². The van der Waals surface area contributed by atoms with Crippen LogP contribution in [0.2, 0.25) is 0 Å². The van der Waals surface area contributed by atoms with Gasteiger partial charge in [0.05, 0.1) is 12.7 Å². The maximum atomic E-state index is 9.57. The van der Waals surface area contributed by atoms with Crippen LogP contribution in [-0.4, -0.2) is 86.0 Å². The number of piperidine rings is 1. The summed E-state index contributed by atoms with van der Waals surface area (Å²) in [7, 11) is 0. The zero-order chi connectivity index (χ0) is 16.8. The van der Waals surface area contributed by atoms with Gasteiger partial charge in [-0.1, -0.05) is 0 Å². The maximum absolute atomic E-state index is 9.57. The van der Waals surface area contributed by atoms with Gasteiger partial charge in [-0.3, -0.25) is 4.99 Å². The van der Waals surface area contributed by atoms with Gasteiger partial charge in [-0.05, 0) is 45.6 Å². The van der Waals surface area contributed by atoms with Crippen molar-refractivity contribution in [2.75, 3.05) is 59.0 Å². The van der Waals surface area contributed by atoms with Crippen molar-refractivity contribution in [1.29, 1.82) is 0 Å². The average molecular weight is 466 g/mol. The predicted octanol–water partition coefficient (Wildman–Crippen LogP) is 1.53. The molecule has 3 aliphatic rings. The van der Waals surface area contributed by atoms with E-state index in [2.05, 4.69) is 22.0 Å². The molecule has 0 bridgehead atoms. The van der Waals surface area contributed by atoms with E-state index in [4.69, 9.17) is 9.73 Å². The van der Waals surface area contributed by atoms with Gasteiger partial charge in [0.2, 0.25) is 0 Å². The summed E-state index contributed by atoms with van der Waals surface area (Å²) in [5.74, 6) is 1.08. The summed E-state index contributed by atoms with van der Waals surface area (Å²) >= 11 is 0. The maximum Gasteiger partial charge on any atom is 0.193 e. The molecule has 3 rings (SSSR count). The Balaban J connectivity index is 0.00000225. The number of nitrogens with one attached hydrogen (secondary N) is 1. The van der Waals surface area contributed by atoms with Crippen LogP contribution in [0.15, 0.2) is 4.99 Å². The van der Waals surface area contributed by atoms with E-state index in [-0.39, 0.29) is 30.1 Å². The smallest absolute Gasteiger partial charge is 0.193 e. The Hall–Kier alpha value is -0.120. The number of aliphatic hydroxyl groups excluding tert-OH is 1. The third-order valence-electron chi connectivity index (χ3n) is 5.71. The highest BCUT2D eigenvalue weighted by Gasteiger charge is 2.42. The number of guanidine groups is 1. The average Bonchev–Trinajstić information content (AvgIpc) is 3.22. The van der Waals surface area contributed by atoms with Crippen molar-refractivity contribution < 1.29 is 9.84 Å². The molecule has 0 radical (unpaired) electrons. The van der Waals surface area contributed by atoms with Crippen LogP contribution in [-0.2, 0) is 4.74 Å². The zero-order valence-corrected chi connectivity index (χ0v) is 17.9. The van der Waals surface area contributed by atoms with E-state index >= 15 is 0 Å². The van der Waals surface area contributed by atoms with Gasteiger partial charge in [0.1, 0.15) is 0 Å². The van der Waals surface area contributed by atoms with Crippen molar-refractivity contribution >= 4 is 29.9 Å². The summed E-state index contributed by atoms with van der Waals surface area (Å²) in [6, 6.07) is 0. The lowest BCUT2D eigenvalue weighted by Gasteiger charge is -2.29. The Morgan fingerprint density at radius 1 is 1.28 bits per heavy atom. The van der Waals surface area contributed by atoms with E-state index in [9.17, 15) is 5.11 Å². The summed E-state index contributed by atoms with van der Waals surface area (Å²) < 4.78 is 5.63. The van der Waals surface area contributed by atoms with Crippen molar-refractivity contribution in [3.05, 3.63) is 0 Å². The number of hydrogen-bond donors (Lipinski definition) is 2. The predicted molar refractivity (Wildman–Crippen MR) is 112 cm³/mol. The molecule has 3 fully saturated rings. The molecule has 0 aromatic rings. The van der Waals surface area contributed by atoms with Crippen LogP contribution in [0.5, 0.6) is 0 Å². The highest BCUT2D eigenvalue weighted by atomic mass is 127. The van der Waals surface area contributed by atoms with Crippen molar-refractivity contribution in [1.82, 2.24) is 15.1 Å². The van der Waals surface area contributed by atoms with Crippen LogP contribution in [0, 0.1) is 5.41 Å². The number of hydrogen-bond acceptors (Lipinski definition) is 4. The van der Waals surface area contributed by atoms with Crippen LogP contribution in [0.1, 0.15) is 39.0 Å². The van der Waals surface area contributed by atoms with E-state index in [1.165, 1.54) is 12.8 Å². The number of rotatable bonds is 5. The highest BCUT2D eigenvalue weighted by molar-refractivity contribution is 14.0. The quantitative estimate of drug-likeness (QED) is 0.279. The normalized spacial score (nSPS) is 28.6. The first kappa shape index (κ1) is 21.2. The molecule has 2 N–H and O–H groups in total. The molecule has 3 saturated heterocycles. The van der Waals surface area contributed by atoms with Gasteiger partial charge >= 0.3 is 0 Å². The molecule has 1 unspecified atom stereocenters. The summed E-state index contributed by atoms with van der Waals surface area (Å²) in [5, 5.41) is 13.0. The Bertz CT molecular complexity index is 421. The number of aliphatic imine (C=N–C) groups is 1. The van der Waals surface area contributed by atoms with Gasteiger partial charge < -0.3 is 25.0 Å². The Morgan fingerprint density at radius 3 is 2.76 bits per heavy atom. The topological polar surface area (TPSA) is 60.3 Å². The van der Waals surface area contributed by atoms with E-state index in [1.54, 1.807) is 0 Å². The first-order valence-corrected chi connectivity index (χ1v) is 9.72. The molecule has 0 aromatic carbocycles. The second kappa shape index (κ2) is 10.3. The number of nitrogens with zero attached hydrogens (tertiary/aromatic N) is 3. The summed E-state index contributed by atoms with van der Waals surface area (Å²) in [5.41, 5.74) is 0.380. The van der Waals surface area contributed by atoms with Crippen LogP contribution in [0.25, 0.3) is 0 Å². The Morgan fingerprint density at radius 2 is 2.08 bits per heavy atom. The van der Waals surface area contributed by atoms with Crippen molar-refractivity contribution in [3.63, 3.8) is 0 Å². The lowest BCUT2D eigenvalue weighted by atomic mass is 9.87. The van der Waals surface area contributed by atoms with Crippen LogP contribution in [0.4, 0.5) is 0 Å². The molecule has 6 nitrogen and oxygen atoms in total. The van der Waals surface area contributed by atoms with E-state index in [0.717, 1.165) is 84.2 Å². The van der Waals surface area contributed by atoms with Gasteiger partial charge in [-0.2, -0.15) is 0 Å². The van der Waals surface area contributed by atoms with E-state index in [1.807, 2.05) is 0 Å². The largest absolute Gasteiger partial charge is 0.393 e. The lowest BCUT2D eigenvalue weighted by Crippen LogP contribution is -2.41. The second-order valence-electron chi connectivity index (χ2n) is 7.64. The van der Waals surface area contributed by atoms with E-state index in [0.29, 0.717) is 5.41 Å².